The van der Waals surface area contributed by atoms with Crippen LogP contribution in [0.3, 0.4) is 0 Å². The second-order valence-electron chi connectivity index (χ2n) is 2.08. The Morgan fingerprint density at radius 3 is 0.526 bits per heavy atom. The molecule has 0 bridgehead atoms. The third-order valence-electron chi connectivity index (χ3n) is 0. The Bertz CT molecular complexity index is 171. The van der Waals surface area contributed by atoms with Crippen LogP contribution in [0.4, 0.5) is 0 Å². The van der Waals surface area contributed by atoms with Crippen LogP contribution >= 0.6 is 0 Å². The van der Waals surface area contributed by atoms with Crippen molar-refractivity contribution in [3.05, 3.63) is 0 Å². The van der Waals surface area contributed by atoms with Gasteiger partial charge in [-0.1, -0.05) is 0 Å². The molecular formula is C8H22FeN2O8. The number of carboxylic acid groups (broad SMARTS) is 4. The maximum Gasteiger partial charge on any atom is 0.300 e. The molecule has 0 saturated heterocycles. The molecule has 0 radical (unpaired) electrons. The van der Waals surface area contributed by atoms with Gasteiger partial charge in [-0.15, -0.1) is 0 Å². The van der Waals surface area contributed by atoms with E-state index in [-0.39, 0.29) is 29.4 Å². The van der Waals surface area contributed by atoms with Gasteiger partial charge in [0.05, 0.1) is 0 Å². The maximum atomic E-state index is 9.00. The van der Waals surface area contributed by atoms with Crippen LogP contribution in [-0.4, -0.2) is 44.3 Å². The second kappa shape index (κ2) is 36.0. The minimum absolute atomic E-state index is 0. The zero-order valence-electron chi connectivity index (χ0n) is 11.2. The van der Waals surface area contributed by atoms with Gasteiger partial charge in [-0.05, 0) is 0 Å². The van der Waals surface area contributed by atoms with Gasteiger partial charge in [0.15, 0.2) is 0 Å². The zero-order chi connectivity index (χ0) is 14.3. The Balaban J connectivity index is -0.0000000192. The van der Waals surface area contributed by atoms with Gasteiger partial charge in [0.1, 0.15) is 0 Å². The van der Waals surface area contributed by atoms with Crippen LogP contribution in [0.2, 0.25) is 0 Å². The van der Waals surface area contributed by atoms with Crippen molar-refractivity contribution >= 4 is 23.9 Å². The Labute approximate surface area is 121 Å². The van der Waals surface area contributed by atoms with Gasteiger partial charge < -0.3 is 32.7 Å². The number of hydrogen-bond acceptors (Lipinski definition) is 6. The summed E-state index contributed by atoms with van der Waals surface area (Å²) in [5.74, 6) is -3.33. The van der Waals surface area contributed by atoms with E-state index in [1.165, 1.54) is 0 Å². The molecule has 0 unspecified atom stereocenters. The molecule has 0 spiro atoms. The van der Waals surface area contributed by atoms with Crippen LogP contribution in [0, 0.1) is 0 Å². The molecule has 19 heavy (non-hydrogen) atoms. The van der Waals surface area contributed by atoms with E-state index in [0.717, 1.165) is 27.7 Å². The van der Waals surface area contributed by atoms with Gasteiger partial charge in [0.25, 0.3) is 23.9 Å². The van der Waals surface area contributed by atoms with E-state index in [9.17, 15) is 0 Å². The van der Waals surface area contributed by atoms with Gasteiger partial charge in [-0.2, -0.15) is 0 Å². The van der Waals surface area contributed by atoms with Crippen LogP contribution in [0.5, 0.6) is 0 Å². The second-order valence-corrected chi connectivity index (χ2v) is 2.08. The summed E-state index contributed by atoms with van der Waals surface area (Å²) >= 11 is 0. The maximum absolute atomic E-state index is 9.00. The topological polar surface area (TPSA) is 219 Å². The largest absolute Gasteiger partial charge is 0.481 e. The van der Waals surface area contributed by atoms with Crippen molar-refractivity contribution in [2.75, 3.05) is 0 Å². The first-order valence-corrected chi connectivity index (χ1v) is 3.71. The molecule has 0 aliphatic heterocycles. The molecule has 120 valence electrons. The molecule has 0 aromatic rings. The van der Waals surface area contributed by atoms with Crippen molar-refractivity contribution in [3.8, 4) is 0 Å². The van der Waals surface area contributed by atoms with Crippen LogP contribution in [0.25, 0.3) is 0 Å². The zero-order valence-corrected chi connectivity index (χ0v) is 12.3. The third-order valence-corrected chi connectivity index (χ3v) is 0. The van der Waals surface area contributed by atoms with Crippen LogP contribution in [0.15, 0.2) is 0 Å². The van der Waals surface area contributed by atoms with Gasteiger partial charge in [0.2, 0.25) is 0 Å². The van der Waals surface area contributed by atoms with Crippen molar-refractivity contribution in [1.82, 2.24) is 12.3 Å². The van der Waals surface area contributed by atoms with Crippen molar-refractivity contribution in [1.29, 1.82) is 0 Å². The van der Waals surface area contributed by atoms with Crippen LogP contribution in [0.1, 0.15) is 27.7 Å². The van der Waals surface area contributed by atoms with Crippen LogP contribution in [-0.2, 0) is 36.2 Å². The smallest absolute Gasteiger partial charge is 0.300 e. The first kappa shape index (κ1) is 43.3. The fraction of sp³-hybridized carbons (Fsp3) is 0.500. The molecule has 0 heterocycles. The first-order chi connectivity index (χ1) is 6.93. The Morgan fingerprint density at radius 2 is 0.526 bits per heavy atom. The van der Waals surface area contributed by atoms with Crippen LogP contribution < -0.4 is 12.3 Å². The standard InChI is InChI=1S/4C2H4O2.Fe.2H3N/c4*1-2(3)4;;;/h4*1H3,(H,3,4);;2*1H3. The molecule has 0 fully saturated rings. The van der Waals surface area contributed by atoms with Gasteiger partial charge in [0, 0.05) is 44.8 Å². The number of aliphatic carboxylic acids is 4. The Kier molecular flexibility index (Phi) is 82.0. The molecule has 0 amide bonds. The number of carboxylic acids is 4. The molecule has 0 aromatic carbocycles. The van der Waals surface area contributed by atoms with E-state index < -0.39 is 23.9 Å². The molecule has 0 aromatic heterocycles. The van der Waals surface area contributed by atoms with Crippen molar-refractivity contribution < 1.29 is 56.7 Å². The van der Waals surface area contributed by atoms with E-state index in [1.807, 2.05) is 0 Å². The van der Waals surface area contributed by atoms with Crippen molar-refractivity contribution in [3.63, 3.8) is 0 Å². The molecule has 10 N–H and O–H groups in total. The number of hydrogen-bond donors (Lipinski definition) is 6. The quantitative estimate of drug-likeness (QED) is 0.341. The van der Waals surface area contributed by atoms with E-state index in [4.69, 9.17) is 39.6 Å². The number of rotatable bonds is 0. The predicted molar refractivity (Wildman–Crippen MR) is 63.3 cm³/mol. The van der Waals surface area contributed by atoms with Gasteiger partial charge in [-0.25, -0.2) is 0 Å². The van der Waals surface area contributed by atoms with Gasteiger partial charge in [-0.3, -0.25) is 19.2 Å². The molecule has 10 nitrogen and oxygen atoms in total. The molecule has 0 aliphatic carbocycles. The minimum atomic E-state index is -0.833. The summed E-state index contributed by atoms with van der Waals surface area (Å²) in [6.07, 6.45) is 0. The summed E-state index contributed by atoms with van der Waals surface area (Å²) in [5.41, 5.74) is 0. The molecular weight excluding hydrogens is 308 g/mol. The Hall–Kier alpha value is -1.68. The molecule has 11 heteroatoms. The molecule has 0 aliphatic rings. The average molecular weight is 330 g/mol. The molecule has 0 atom stereocenters. The normalized spacial score (nSPS) is 5.26. The predicted octanol–water partition coefficient (Wildman–Crippen LogP) is 0.685. The fourth-order valence-electron chi connectivity index (χ4n) is 0. The average Bonchev–Trinajstić information content (AvgIpc) is 1.76. The van der Waals surface area contributed by atoms with E-state index in [2.05, 4.69) is 0 Å². The van der Waals surface area contributed by atoms with E-state index >= 15 is 0 Å². The van der Waals surface area contributed by atoms with E-state index in [0.29, 0.717) is 0 Å². The monoisotopic (exact) mass is 330 g/mol. The van der Waals surface area contributed by atoms with Crippen molar-refractivity contribution in [2.45, 2.75) is 27.7 Å². The minimum Gasteiger partial charge on any atom is -0.481 e. The summed E-state index contributed by atoms with van der Waals surface area (Å²) in [6, 6.07) is 0. The molecule has 0 saturated carbocycles. The number of carbonyl (C=O) groups is 4. The first-order valence-electron chi connectivity index (χ1n) is 3.71. The van der Waals surface area contributed by atoms with E-state index in [1.54, 1.807) is 0 Å². The SMILES string of the molecule is CC(=O)O.CC(=O)O.CC(=O)O.CC(=O)O.N.N.[Fe]. The fourth-order valence-corrected chi connectivity index (χ4v) is 0. The summed E-state index contributed by atoms with van der Waals surface area (Å²) in [4.78, 5) is 36.0. The third kappa shape index (κ3) is 1180. The summed E-state index contributed by atoms with van der Waals surface area (Å²) < 4.78 is 0. The Morgan fingerprint density at radius 1 is 0.526 bits per heavy atom. The van der Waals surface area contributed by atoms with Gasteiger partial charge >= 0.3 is 0 Å². The summed E-state index contributed by atoms with van der Waals surface area (Å²) in [5, 5.41) is 29.7. The summed E-state index contributed by atoms with van der Waals surface area (Å²) in [6.45, 7) is 4.33. The summed E-state index contributed by atoms with van der Waals surface area (Å²) in [7, 11) is 0. The molecule has 0 rings (SSSR count). The van der Waals surface area contributed by atoms with Crippen molar-refractivity contribution in [2.24, 2.45) is 0 Å².